The van der Waals surface area contributed by atoms with Crippen molar-refractivity contribution in [2.45, 2.75) is 13.5 Å². The van der Waals surface area contributed by atoms with Crippen LogP contribution in [-0.4, -0.2) is 0 Å². The molecular formula is C14H12ClF2N. The Morgan fingerprint density at radius 2 is 1.89 bits per heavy atom. The van der Waals surface area contributed by atoms with Crippen molar-refractivity contribution in [2.24, 2.45) is 0 Å². The van der Waals surface area contributed by atoms with Crippen LogP contribution in [0.15, 0.2) is 36.4 Å². The number of halogens is 3. The highest BCUT2D eigenvalue weighted by molar-refractivity contribution is 6.33. The van der Waals surface area contributed by atoms with E-state index in [1.165, 1.54) is 18.2 Å². The van der Waals surface area contributed by atoms with Crippen LogP contribution in [0.1, 0.15) is 11.1 Å². The third-order valence-corrected chi connectivity index (χ3v) is 2.93. The number of benzene rings is 2. The fourth-order valence-electron chi connectivity index (χ4n) is 1.69. The van der Waals surface area contributed by atoms with Gasteiger partial charge in [-0.1, -0.05) is 35.4 Å². The molecule has 0 spiro atoms. The topological polar surface area (TPSA) is 12.0 Å². The Morgan fingerprint density at radius 3 is 2.61 bits per heavy atom. The average molecular weight is 268 g/mol. The molecule has 0 bridgehead atoms. The number of aryl methyl sites for hydroxylation is 1. The molecule has 2 aromatic rings. The standard InChI is InChI=1S/C14H12ClF2N/c1-9-5-6-12(16)10(7-9)8-18-14-11(15)3-2-4-13(14)17/h2-7,18H,8H2,1H3. The second-order valence-electron chi connectivity index (χ2n) is 4.05. The van der Waals surface area contributed by atoms with Crippen molar-refractivity contribution in [3.8, 4) is 0 Å². The molecule has 0 fully saturated rings. The largest absolute Gasteiger partial charge is 0.377 e. The molecule has 0 aliphatic heterocycles. The van der Waals surface area contributed by atoms with Gasteiger partial charge < -0.3 is 5.32 Å². The molecule has 2 aromatic carbocycles. The molecule has 2 rings (SSSR count). The van der Waals surface area contributed by atoms with Crippen LogP contribution in [0.4, 0.5) is 14.5 Å². The van der Waals surface area contributed by atoms with E-state index in [0.29, 0.717) is 5.56 Å². The molecule has 0 atom stereocenters. The second-order valence-corrected chi connectivity index (χ2v) is 4.45. The zero-order valence-corrected chi connectivity index (χ0v) is 10.6. The highest BCUT2D eigenvalue weighted by atomic mass is 35.5. The number of para-hydroxylation sites is 1. The molecule has 0 saturated heterocycles. The van der Waals surface area contributed by atoms with Crippen molar-refractivity contribution in [3.63, 3.8) is 0 Å². The smallest absolute Gasteiger partial charge is 0.147 e. The Kier molecular flexibility index (Phi) is 3.82. The van der Waals surface area contributed by atoms with Gasteiger partial charge in [-0.3, -0.25) is 0 Å². The third-order valence-electron chi connectivity index (χ3n) is 2.62. The first kappa shape index (κ1) is 12.8. The Bertz CT molecular complexity index is 549. The first-order valence-electron chi connectivity index (χ1n) is 5.51. The van der Waals surface area contributed by atoms with E-state index >= 15 is 0 Å². The van der Waals surface area contributed by atoms with Gasteiger partial charge in [-0.15, -0.1) is 0 Å². The van der Waals surface area contributed by atoms with Gasteiger partial charge in [0.15, 0.2) is 0 Å². The molecule has 0 heterocycles. The SMILES string of the molecule is Cc1ccc(F)c(CNc2c(F)cccc2Cl)c1. The quantitative estimate of drug-likeness (QED) is 0.861. The van der Waals surface area contributed by atoms with Crippen molar-refractivity contribution in [1.29, 1.82) is 0 Å². The summed E-state index contributed by atoms with van der Waals surface area (Å²) in [6, 6.07) is 9.22. The van der Waals surface area contributed by atoms with E-state index in [2.05, 4.69) is 5.32 Å². The molecular weight excluding hydrogens is 256 g/mol. The zero-order chi connectivity index (χ0) is 13.1. The zero-order valence-electron chi connectivity index (χ0n) is 9.81. The average Bonchev–Trinajstić information content (AvgIpc) is 2.33. The van der Waals surface area contributed by atoms with Crippen LogP contribution < -0.4 is 5.32 Å². The van der Waals surface area contributed by atoms with Crippen molar-refractivity contribution in [1.82, 2.24) is 0 Å². The maximum absolute atomic E-state index is 13.5. The summed E-state index contributed by atoms with van der Waals surface area (Å²) in [7, 11) is 0. The summed E-state index contributed by atoms with van der Waals surface area (Å²) in [5.41, 5.74) is 1.63. The van der Waals surface area contributed by atoms with Gasteiger partial charge in [0, 0.05) is 12.1 Å². The Hall–Kier alpha value is -1.61. The summed E-state index contributed by atoms with van der Waals surface area (Å²) in [5.74, 6) is -0.767. The molecule has 0 aromatic heterocycles. The van der Waals surface area contributed by atoms with Gasteiger partial charge in [-0.05, 0) is 25.1 Å². The summed E-state index contributed by atoms with van der Waals surface area (Å²) in [4.78, 5) is 0. The molecule has 4 heteroatoms. The van der Waals surface area contributed by atoms with Crippen LogP contribution in [-0.2, 0) is 6.54 Å². The molecule has 0 radical (unpaired) electrons. The first-order valence-corrected chi connectivity index (χ1v) is 5.88. The first-order chi connectivity index (χ1) is 8.58. The van der Waals surface area contributed by atoms with E-state index in [-0.39, 0.29) is 23.1 Å². The number of nitrogens with one attached hydrogen (secondary N) is 1. The highest BCUT2D eigenvalue weighted by Gasteiger charge is 2.08. The van der Waals surface area contributed by atoms with Gasteiger partial charge in [0.1, 0.15) is 11.6 Å². The van der Waals surface area contributed by atoms with Crippen LogP contribution in [0.5, 0.6) is 0 Å². The molecule has 0 unspecified atom stereocenters. The minimum Gasteiger partial charge on any atom is -0.377 e. The highest BCUT2D eigenvalue weighted by Crippen LogP contribution is 2.25. The maximum atomic E-state index is 13.5. The van der Waals surface area contributed by atoms with Gasteiger partial charge in [-0.2, -0.15) is 0 Å². The van der Waals surface area contributed by atoms with Gasteiger partial charge in [0.2, 0.25) is 0 Å². The van der Waals surface area contributed by atoms with Crippen LogP contribution in [0.3, 0.4) is 0 Å². The Balaban J connectivity index is 2.19. The Labute approximate surface area is 109 Å². The lowest BCUT2D eigenvalue weighted by atomic mass is 10.1. The van der Waals surface area contributed by atoms with Crippen LogP contribution in [0.25, 0.3) is 0 Å². The maximum Gasteiger partial charge on any atom is 0.147 e. The van der Waals surface area contributed by atoms with Crippen LogP contribution >= 0.6 is 11.6 Å². The lowest BCUT2D eigenvalue weighted by molar-refractivity contribution is 0.610. The number of hydrogen-bond acceptors (Lipinski definition) is 1. The van der Waals surface area contributed by atoms with Crippen molar-refractivity contribution < 1.29 is 8.78 Å². The summed E-state index contributed by atoms with van der Waals surface area (Å²) < 4.78 is 27.0. The van der Waals surface area contributed by atoms with Gasteiger partial charge in [0.05, 0.1) is 10.7 Å². The van der Waals surface area contributed by atoms with Gasteiger partial charge in [0.25, 0.3) is 0 Å². The molecule has 0 aliphatic carbocycles. The molecule has 0 saturated carbocycles. The molecule has 18 heavy (non-hydrogen) atoms. The van der Waals surface area contributed by atoms with E-state index in [9.17, 15) is 8.78 Å². The van der Waals surface area contributed by atoms with E-state index < -0.39 is 5.82 Å². The normalized spacial score (nSPS) is 10.4. The summed E-state index contributed by atoms with van der Waals surface area (Å²) in [6.45, 7) is 2.06. The number of rotatable bonds is 3. The van der Waals surface area contributed by atoms with E-state index in [4.69, 9.17) is 11.6 Å². The summed E-state index contributed by atoms with van der Waals surface area (Å²) in [6.07, 6.45) is 0. The van der Waals surface area contributed by atoms with Crippen LogP contribution in [0.2, 0.25) is 5.02 Å². The van der Waals surface area contributed by atoms with Gasteiger partial charge in [-0.25, -0.2) is 8.78 Å². The van der Waals surface area contributed by atoms with E-state index in [1.807, 2.05) is 6.92 Å². The van der Waals surface area contributed by atoms with Crippen molar-refractivity contribution in [3.05, 3.63) is 64.2 Å². The predicted molar refractivity (Wildman–Crippen MR) is 69.9 cm³/mol. The van der Waals surface area contributed by atoms with Crippen LogP contribution in [0, 0.1) is 18.6 Å². The fourth-order valence-corrected chi connectivity index (χ4v) is 1.92. The summed E-state index contributed by atoms with van der Waals surface area (Å²) in [5, 5.41) is 3.10. The Morgan fingerprint density at radius 1 is 1.11 bits per heavy atom. The lowest BCUT2D eigenvalue weighted by Gasteiger charge is -2.10. The summed E-state index contributed by atoms with van der Waals surface area (Å²) >= 11 is 5.87. The molecule has 0 amide bonds. The van der Waals surface area contributed by atoms with Gasteiger partial charge >= 0.3 is 0 Å². The van der Waals surface area contributed by atoms with E-state index in [1.54, 1.807) is 18.2 Å². The predicted octanol–water partition coefficient (Wildman–Crippen LogP) is 4.54. The minimum atomic E-state index is -0.449. The van der Waals surface area contributed by atoms with Crippen molar-refractivity contribution >= 4 is 17.3 Å². The monoisotopic (exact) mass is 267 g/mol. The molecule has 1 nitrogen and oxygen atoms in total. The second kappa shape index (κ2) is 5.36. The van der Waals surface area contributed by atoms with E-state index in [0.717, 1.165) is 5.56 Å². The lowest BCUT2D eigenvalue weighted by Crippen LogP contribution is -2.04. The number of anilines is 1. The minimum absolute atomic E-state index is 0.189. The van der Waals surface area contributed by atoms with Crippen molar-refractivity contribution in [2.75, 3.05) is 5.32 Å². The number of hydrogen-bond donors (Lipinski definition) is 1. The molecule has 1 N–H and O–H groups in total. The fraction of sp³-hybridized carbons (Fsp3) is 0.143. The third kappa shape index (κ3) is 2.79. The molecule has 94 valence electrons. The molecule has 0 aliphatic rings.